The van der Waals surface area contributed by atoms with Crippen LogP contribution in [0.25, 0.3) is 0 Å². The molecule has 4 nitrogen and oxygen atoms in total. The molecule has 2 heterocycles. The molecule has 1 aliphatic rings. The van der Waals surface area contributed by atoms with E-state index in [4.69, 9.17) is 0 Å². The molecule has 1 aromatic carbocycles. The van der Waals surface area contributed by atoms with E-state index in [-0.39, 0.29) is 5.91 Å². The van der Waals surface area contributed by atoms with E-state index in [0.29, 0.717) is 6.04 Å². The third-order valence-electron chi connectivity index (χ3n) is 5.00. The molecule has 1 amide bonds. The maximum Gasteiger partial charge on any atom is 0.257 e. The second-order valence-corrected chi connectivity index (χ2v) is 6.66. The number of piperidine rings is 1. The van der Waals surface area contributed by atoms with E-state index in [1.807, 2.05) is 30.8 Å². The molecule has 3 rings (SSSR count). The van der Waals surface area contributed by atoms with Crippen LogP contribution in [0.5, 0.6) is 0 Å². The fourth-order valence-electron chi connectivity index (χ4n) is 3.59. The molecule has 0 radical (unpaired) electrons. The summed E-state index contributed by atoms with van der Waals surface area (Å²) in [5, 5.41) is 4.43. The van der Waals surface area contributed by atoms with Crippen LogP contribution in [0.1, 0.15) is 54.2 Å². The standard InChI is InChI=1S/C20H27N3O/c1-3-22-15-19(16(2)21-22)20(24)23-14-8-7-11-18(23)13-12-17-9-5-4-6-10-17/h4-6,9-10,15,18H,3,7-8,11-14H2,1-2H3/t18-/m1/s1. The fourth-order valence-corrected chi connectivity index (χ4v) is 3.59. The Balaban J connectivity index is 1.71. The molecule has 1 saturated heterocycles. The van der Waals surface area contributed by atoms with Gasteiger partial charge in [0.25, 0.3) is 5.91 Å². The van der Waals surface area contributed by atoms with Crippen LogP contribution >= 0.6 is 0 Å². The molecule has 0 unspecified atom stereocenters. The van der Waals surface area contributed by atoms with E-state index in [2.05, 4.69) is 34.3 Å². The predicted octanol–water partition coefficient (Wildman–Crippen LogP) is 3.84. The lowest BCUT2D eigenvalue weighted by Gasteiger charge is -2.36. The van der Waals surface area contributed by atoms with Crippen molar-refractivity contribution < 1.29 is 4.79 Å². The van der Waals surface area contributed by atoms with E-state index in [1.54, 1.807) is 0 Å². The van der Waals surface area contributed by atoms with Gasteiger partial charge >= 0.3 is 0 Å². The Kier molecular flexibility index (Phi) is 5.34. The Hall–Kier alpha value is -2.10. The Morgan fingerprint density at radius 1 is 1.25 bits per heavy atom. The van der Waals surface area contributed by atoms with Crippen molar-refractivity contribution in [1.29, 1.82) is 0 Å². The van der Waals surface area contributed by atoms with Gasteiger partial charge in [0, 0.05) is 25.3 Å². The van der Waals surface area contributed by atoms with Crippen molar-refractivity contribution in [3.05, 3.63) is 53.3 Å². The highest BCUT2D eigenvalue weighted by atomic mass is 16.2. The largest absolute Gasteiger partial charge is 0.336 e. The van der Waals surface area contributed by atoms with Gasteiger partial charge in [0.1, 0.15) is 0 Å². The van der Waals surface area contributed by atoms with Crippen molar-refractivity contribution in [1.82, 2.24) is 14.7 Å². The number of likely N-dealkylation sites (tertiary alicyclic amines) is 1. The summed E-state index contributed by atoms with van der Waals surface area (Å²) in [5.41, 5.74) is 2.96. The quantitative estimate of drug-likeness (QED) is 0.838. The molecular weight excluding hydrogens is 298 g/mol. The van der Waals surface area contributed by atoms with Crippen LogP contribution in [0.3, 0.4) is 0 Å². The van der Waals surface area contributed by atoms with E-state index < -0.39 is 0 Å². The second-order valence-electron chi connectivity index (χ2n) is 6.66. The molecule has 1 atom stereocenters. The Labute approximate surface area is 144 Å². The van der Waals surface area contributed by atoms with Gasteiger partial charge in [-0.05, 0) is 51.5 Å². The summed E-state index contributed by atoms with van der Waals surface area (Å²) in [6, 6.07) is 10.9. The van der Waals surface area contributed by atoms with Crippen molar-refractivity contribution in [2.75, 3.05) is 6.54 Å². The maximum atomic E-state index is 13.0. The Morgan fingerprint density at radius 2 is 2.04 bits per heavy atom. The molecular formula is C20H27N3O. The van der Waals surface area contributed by atoms with Gasteiger partial charge in [-0.2, -0.15) is 5.10 Å². The fraction of sp³-hybridized carbons (Fsp3) is 0.500. The highest BCUT2D eigenvalue weighted by Gasteiger charge is 2.29. The molecule has 0 spiro atoms. The molecule has 24 heavy (non-hydrogen) atoms. The lowest BCUT2D eigenvalue weighted by molar-refractivity contribution is 0.0601. The zero-order valence-electron chi connectivity index (χ0n) is 14.7. The first-order valence-electron chi connectivity index (χ1n) is 9.08. The van der Waals surface area contributed by atoms with Gasteiger partial charge in [-0.25, -0.2) is 0 Å². The molecule has 2 aromatic rings. The first kappa shape index (κ1) is 16.7. The van der Waals surface area contributed by atoms with Crippen LogP contribution < -0.4 is 0 Å². The summed E-state index contributed by atoms with van der Waals surface area (Å²) >= 11 is 0. The van der Waals surface area contributed by atoms with Crippen molar-refractivity contribution >= 4 is 5.91 Å². The number of aromatic nitrogens is 2. The second kappa shape index (κ2) is 7.65. The summed E-state index contributed by atoms with van der Waals surface area (Å²) in [4.78, 5) is 15.1. The number of hydrogen-bond acceptors (Lipinski definition) is 2. The molecule has 4 heteroatoms. The first-order chi connectivity index (χ1) is 11.7. The number of amides is 1. The summed E-state index contributed by atoms with van der Waals surface area (Å²) in [7, 11) is 0. The number of carbonyl (C=O) groups is 1. The van der Waals surface area contributed by atoms with E-state index >= 15 is 0 Å². The molecule has 1 aliphatic heterocycles. The summed E-state index contributed by atoms with van der Waals surface area (Å²) in [5.74, 6) is 0.157. The normalized spacial score (nSPS) is 17.9. The average molecular weight is 325 g/mol. The maximum absolute atomic E-state index is 13.0. The van der Waals surface area contributed by atoms with Gasteiger partial charge in [0.2, 0.25) is 0 Å². The van der Waals surface area contributed by atoms with Crippen LogP contribution in [-0.4, -0.2) is 33.2 Å². The SMILES string of the molecule is CCn1cc(C(=O)N2CCCC[C@@H]2CCc2ccccc2)c(C)n1. The van der Waals surface area contributed by atoms with Crippen LogP contribution in [0, 0.1) is 6.92 Å². The average Bonchev–Trinajstić information content (AvgIpc) is 3.01. The summed E-state index contributed by atoms with van der Waals surface area (Å²) in [6.07, 6.45) is 7.41. The lowest BCUT2D eigenvalue weighted by atomic mass is 9.95. The van der Waals surface area contributed by atoms with E-state index in [1.165, 1.54) is 12.0 Å². The van der Waals surface area contributed by atoms with Crippen molar-refractivity contribution in [3.63, 3.8) is 0 Å². The van der Waals surface area contributed by atoms with Crippen LogP contribution in [0.15, 0.2) is 36.5 Å². The highest BCUT2D eigenvalue weighted by molar-refractivity contribution is 5.95. The van der Waals surface area contributed by atoms with Crippen LogP contribution in [0.4, 0.5) is 0 Å². The molecule has 0 saturated carbocycles. The summed E-state index contributed by atoms with van der Waals surface area (Å²) in [6.45, 7) is 5.65. The molecule has 1 fully saturated rings. The molecule has 1 aromatic heterocycles. The van der Waals surface area contributed by atoms with E-state index in [9.17, 15) is 4.79 Å². The third kappa shape index (κ3) is 3.69. The number of hydrogen-bond donors (Lipinski definition) is 0. The summed E-state index contributed by atoms with van der Waals surface area (Å²) < 4.78 is 1.85. The monoisotopic (exact) mass is 325 g/mol. The Morgan fingerprint density at radius 3 is 2.75 bits per heavy atom. The minimum absolute atomic E-state index is 0.157. The third-order valence-corrected chi connectivity index (χ3v) is 5.00. The highest BCUT2D eigenvalue weighted by Crippen LogP contribution is 2.24. The number of rotatable bonds is 5. The number of aryl methyl sites for hydroxylation is 3. The van der Waals surface area contributed by atoms with Crippen molar-refractivity contribution in [2.24, 2.45) is 0 Å². The number of benzene rings is 1. The van der Waals surface area contributed by atoms with Crippen molar-refractivity contribution in [3.8, 4) is 0 Å². The smallest absolute Gasteiger partial charge is 0.257 e. The van der Waals surface area contributed by atoms with Gasteiger partial charge in [-0.1, -0.05) is 30.3 Å². The Bertz CT molecular complexity index is 677. The molecule has 0 bridgehead atoms. The van der Waals surface area contributed by atoms with Crippen LogP contribution in [-0.2, 0) is 13.0 Å². The van der Waals surface area contributed by atoms with Gasteiger partial charge < -0.3 is 4.90 Å². The molecule has 0 aliphatic carbocycles. The number of nitrogens with zero attached hydrogens (tertiary/aromatic N) is 3. The minimum atomic E-state index is 0.157. The number of carbonyl (C=O) groups excluding carboxylic acids is 1. The van der Waals surface area contributed by atoms with Crippen LogP contribution in [0.2, 0.25) is 0 Å². The zero-order chi connectivity index (χ0) is 16.9. The van der Waals surface area contributed by atoms with Gasteiger partial charge in [0.05, 0.1) is 11.3 Å². The lowest BCUT2D eigenvalue weighted by Crippen LogP contribution is -2.44. The van der Waals surface area contributed by atoms with Gasteiger partial charge in [0.15, 0.2) is 0 Å². The van der Waals surface area contributed by atoms with Gasteiger partial charge in [-0.15, -0.1) is 0 Å². The van der Waals surface area contributed by atoms with Gasteiger partial charge in [-0.3, -0.25) is 9.48 Å². The topological polar surface area (TPSA) is 38.1 Å². The van der Waals surface area contributed by atoms with Crippen molar-refractivity contribution in [2.45, 2.75) is 58.5 Å². The molecule has 0 N–H and O–H groups in total. The van der Waals surface area contributed by atoms with E-state index in [0.717, 1.165) is 50.0 Å². The molecule has 128 valence electrons. The first-order valence-corrected chi connectivity index (χ1v) is 9.08. The minimum Gasteiger partial charge on any atom is -0.336 e. The zero-order valence-corrected chi connectivity index (χ0v) is 14.7. The predicted molar refractivity (Wildman–Crippen MR) is 96.1 cm³/mol.